The Labute approximate surface area is 169 Å². The van der Waals surface area contributed by atoms with Crippen molar-refractivity contribution in [3.8, 4) is 5.75 Å². The van der Waals surface area contributed by atoms with Crippen LogP contribution in [0.15, 0.2) is 72.8 Å². The van der Waals surface area contributed by atoms with E-state index in [0.29, 0.717) is 6.61 Å². The van der Waals surface area contributed by atoms with Gasteiger partial charge in [-0.15, -0.1) is 0 Å². The molecular formula is C24H22N2O3. The Kier molecular flexibility index (Phi) is 5.40. The Morgan fingerprint density at radius 1 is 0.966 bits per heavy atom. The molecule has 5 nitrogen and oxygen atoms in total. The van der Waals surface area contributed by atoms with Crippen LogP contribution in [-0.4, -0.2) is 18.0 Å². The van der Waals surface area contributed by atoms with E-state index >= 15 is 0 Å². The molecule has 4 rings (SSSR count). The first kappa shape index (κ1) is 18.9. The minimum atomic E-state index is -0.297. The standard InChI is InChI=1S/C24H22N2O3/c1-16(24(27)26-28-2)18-7-8-20-14-22(12-10-19(20)13-18)29-15-21-11-9-17-5-3-4-6-23(17)25-21/h3-14,16H,15H2,1-2H3,(H,26,27). The van der Waals surface area contributed by atoms with Crippen molar-refractivity contribution in [1.82, 2.24) is 10.5 Å². The summed E-state index contributed by atoms with van der Waals surface area (Å²) in [5.74, 6) is 0.314. The molecule has 1 unspecified atom stereocenters. The van der Waals surface area contributed by atoms with E-state index < -0.39 is 0 Å². The van der Waals surface area contributed by atoms with Gasteiger partial charge < -0.3 is 4.74 Å². The van der Waals surface area contributed by atoms with Crippen molar-refractivity contribution >= 4 is 27.6 Å². The number of rotatable bonds is 6. The molecule has 29 heavy (non-hydrogen) atoms. The predicted octanol–water partition coefficient (Wildman–Crippen LogP) is 4.75. The topological polar surface area (TPSA) is 60.5 Å². The molecule has 3 aromatic carbocycles. The quantitative estimate of drug-likeness (QED) is 0.486. The average molecular weight is 386 g/mol. The fourth-order valence-corrected chi connectivity index (χ4v) is 3.29. The van der Waals surface area contributed by atoms with Crippen LogP contribution in [0.1, 0.15) is 24.1 Å². The van der Waals surface area contributed by atoms with Crippen LogP contribution in [0.5, 0.6) is 5.75 Å². The average Bonchev–Trinajstić information content (AvgIpc) is 2.76. The van der Waals surface area contributed by atoms with E-state index in [9.17, 15) is 4.79 Å². The summed E-state index contributed by atoms with van der Waals surface area (Å²) >= 11 is 0. The molecule has 0 radical (unpaired) electrons. The van der Waals surface area contributed by atoms with Gasteiger partial charge in [0.2, 0.25) is 0 Å². The summed E-state index contributed by atoms with van der Waals surface area (Å²) in [4.78, 5) is 21.3. The second kappa shape index (κ2) is 8.29. The summed E-state index contributed by atoms with van der Waals surface area (Å²) in [6.07, 6.45) is 0. The first-order valence-corrected chi connectivity index (χ1v) is 9.48. The van der Waals surface area contributed by atoms with Crippen LogP contribution in [0.25, 0.3) is 21.7 Å². The molecule has 0 aliphatic carbocycles. The number of ether oxygens (including phenoxy) is 1. The fraction of sp³-hybridized carbons (Fsp3) is 0.167. The molecule has 0 aliphatic heterocycles. The Morgan fingerprint density at radius 3 is 2.59 bits per heavy atom. The molecule has 1 aromatic heterocycles. The van der Waals surface area contributed by atoms with Crippen molar-refractivity contribution in [2.24, 2.45) is 0 Å². The van der Waals surface area contributed by atoms with Crippen LogP contribution < -0.4 is 10.2 Å². The summed E-state index contributed by atoms with van der Waals surface area (Å²) in [7, 11) is 1.43. The van der Waals surface area contributed by atoms with Gasteiger partial charge in [0.25, 0.3) is 5.91 Å². The van der Waals surface area contributed by atoms with Crippen LogP contribution in [-0.2, 0) is 16.2 Å². The molecule has 1 amide bonds. The maximum absolute atomic E-state index is 12.0. The fourth-order valence-electron chi connectivity index (χ4n) is 3.29. The highest BCUT2D eigenvalue weighted by molar-refractivity contribution is 5.88. The van der Waals surface area contributed by atoms with Gasteiger partial charge in [-0.3, -0.25) is 9.63 Å². The third-order valence-corrected chi connectivity index (χ3v) is 4.97. The first-order valence-electron chi connectivity index (χ1n) is 9.48. The molecule has 4 aromatic rings. The largest absolute Gasteiger partial charge is 0.487 e. The minimum absolute atomic E-state index is 0.172. The molecule has 1 atom stereocenters. The monoisotopic (exact) mass is 386 g/mol. The van der Waals surface area contributed by atoms with Crippen LogP contribution >= 0.6 is 0 Å². The summed E-state index contributed by atoms with van der Waals surface area (Å²) in [6, 6.07) is 24.0. The summed E-state index contributed by atoms with van der Waals surface area (Å²) in [5, 5.41) is 3.22. The molecule has 0 fully saturated rings. The van der Waals surface area contributed by atoms with Crippen molar-refractivity contribution in [3.05, 3.63) is 84.1 Å². The Hall–Kier alpha value is -3.44. The van der Waals surface area contributed by atoms with Gasteiger partial charge >= 0.3 is 0 Å². The van der Waals surface area contributed by atoms with Gasteiger partial charge in [-0.25, -0.2) is 10.5 Å². The molecule has 1 N–H and O–H groups in total. The van der Waals surface area contributed by atoms with Crippen LogP contribution in [0.4, 0.5) is 0 Å². The molecule has 5 heteroatoms. The zero-order valence-electron chi connectivity index (χ0n) is 16.4. The van der Waals surface area contributed by atoms with E-state index in [1.165, 1.54) is 7.11 Å². The lowest BCUT2D eigenvalue weighted by molar-refractivity contribution is -0.132. The van der Waals surface area contributed by atoms with E-state index in [0.717, 1.165) is 38.7 Å². The number of carbonyl (C=O) groups excluding carboxylic acids is 1. The second-order valence-corrected chi connectivity index (χ2v) is 6.94. The zero-order valence-corrected chi connectivity index (χ0v) is 16.4. The number of fused-ring (bicyclic) bond motifs is 2. The third kappa shape index (κ3) is 4.20. The van der Waals surface area contributed by atoms with E-state index in [-0.39, 0.29) is 11.8 Å². The van der Waals surface area contributed by atoms with Crippen molar-refractivity contribution in [2.75, 3.05) is 7.11 Å². The lowest BCUT2D eigenvalue weighted by Crippen LogP contribution is -2.26. The number of benzene rings is 3. The summed E-state index contributed by atoms with van der Waals surface area (Å²) in [6.45, 7) is 2.26. The number of hydroxylamine groups is 1. The summed E-state index contributed by atoms with van der Waals surface area (Å²) in [5.41, 5.74) is 5.16. The SMILES string of the molecule is CONC(=O)C(C)c1ccc2cc(OCc3ccc4ccccc4n3)ccc2c1. The lowest BCUT2D eigenvalue weighted by Gasteiger charge is -2.13. The van der Waals surface area contributed by atoms with Crippen molar-refractivity contribution in [3.63, 3.8) is 0 Å². The highest BCUT2D eigenvalue weighted by Crippen LogP contribution is 2.26. The maximum atomic E-state index is 12.0. The number of aromatic nitrogens is 1. The van der Waals surface area contributed by atoms with E-state index in [1.54, 1.807) is 0 Å². The van der Waals surface area contributed by atoms with Gasteiger partial charge in [0.15, 0.2) is 0 Å². The smallest absolute Gasteiger partial charge is 0.250 e. The molecule has 1 heterocycles. The lowest BCUT2D eigenvalue weighted by atomic mass is 9.97. The zero-order chi connectivity index (χ0) is 20.2. The maximum Gasteiger partial charge on any atom is 0.250 e. The van der Waals surface area contributed by atoms with Gasteiger partial charge in [0, 0.05) is 5.39 Å². The summed E-state index contributed by atoms with van der Waals surface area (Å²) < 4.78 is 5.95. The highest BCUT2D eigenvalue weighted by atomic mass is 16.6. The van der Waals surface area contributed by atoms with Crippen molar-refractivity contribution in [2.45, 2.75) is 19.4 Å². The Bertz CT molecular complexity index is 1170. The molecule has 146 valence electrons. The number of pyridine rings is 1. The molecular weight excluding hydrogens is 364 g/mol. The van der Waals surface area contributed by atoms with Crippen LogP contribution in [0.3, 0.4) is 0 Å². The molecule has 0 bridgehead atoms. The van der Waals surface area contributed by atoms with Gasteiger partial charge in [-0.05, 0) is 47.5 Å². The van der Waals surface area contributed by atoms with Crippen LogP contribution in [0, 0.1) is 0 Å². The molecule has 0 aliphatic rings. The van der Waals surface area contributed by atoms with E-state index in [4.69, 9.17) is 9.57 Å². The van der Waals surface area contributed by atoms with E-state index in [1.807, 2.05) is 73.7 Å². The predicted molar refractivity (Wildman–Crippen MR) is 114 cm³/mol. The Morgan fingerprint density at radius 2 is 1.72 bits per heavy atom. The number of hydrogen-bond acceptors (Lipinski definition) is 4. The first-order chi connectivity index (χ1) is 14.1. The normalized spacial score (nSPS) is 12.1. The molecule has 0 saturated carbocycles. The Balaban J connectivity index is 1.49. The number of nitrogens with zero attached hydrogens (tertiary/aromatic N) is 1. The molecule has 0 saturated heterocycles. The highest BCUT2D eigenvalue weighted by Gasteiger charge is 2.15. The van der Waals surface area contributed by atoms with Gasteiger partial charge in [0.1, 0.15) is 12.4 Å². The number of carbonyl (C=O) groups is 1. The third-order valence-electron chi connectivity index (χ3n) is 4.97. The van der Waals surface area contributed by atoms with Crippen molar-refractivity contribution in [1.29, 1.82) is 0 Å². The minimum Gasteiger partial charge on any atom is -0.487 e. The van der Waals surface area contributed by atoms with Gasteiger partial charge in [-0.1, -0.05) is 48.5 Å². The second-order valence-electron chi connectivity index (χ2n) is 6.94. The number of amides is 1. The van der Waals surface area contributed by atoms with Crippen molar-refractivity contribution < 1.29 is 14.4 Å². The van der Waals surface area contributed by atoms with Gasteiger partial charge in [-0.2, -0.15) is 0 Å². The number of hydrogen-bond donors (Lipinski definition) is 1. The number of nitrogens with one attached hydrogen (secondary N) is 1. The van der Waals surface area contributed by atoms with E-state index in [2.05, 4.69) is 16.5 Å². The molecule has 0 spiro atoms. The van der Waals surface area contributed by atoms with Crippen LogP contribution in [0.2, 0.25) is 0 Å². The van der Waals surface area contributed by atoms with Gasteiger partial charge in [0.05, 0.1) is 24.2 Å². The number of para-hydroxylation sites is 1.